The van der Waals surface area contributed by atoms with Crippen molar-refractivity contribution in [2.75, 3.05) is 12.0 Å². The average Bonchev–Trinajstić information content (AvgIpc) is 3.17. The number of rotatable bonds is 8. The molecular formula is C22H21ClN6O5. The minimum Gasteiger partial charge on any atom is -0.507 e. The molecule has 2 heterocycles. The number of fused-ring (bicyclic) bond motifs is 1. The number of hydrogen-bond donors (Lipinski definition) is 4. The molecule has 0 spiro atoms. The Bertz CT molecular complexity index is 1460. The maximum atomic E-state index is 12.6. The number of anilines is 1. The number of aromatic nitrogens is 4. The molecular weight excluding hydrogens is 464 g/mol. The van der Waals surface area contributed by atoms with E-state index in [-0.39, 0.29) is 36.0 Å². The molecule has 0 saturated heterocycles. The van der Waals surface area contributed by atoms with Crippen molar-refractivity contribution in [1.29, 1.82) is 0 Å². The lowest BCUT2D eigenvalue weighted by Gasteiger charge is -2.15. The van der Waals surface area contributed by atoms with Gasteiger partial charge in [-0.15, -0.1) is 0 Å². The maximum Gasteiger partial charge on any atom is 0.329 e. The van der Waals surface area contributed by atoms with Gasteiger partial charge in [-0.1, -0.05) is 23.7 Å². The molecule has 0 aliphatic heterocycles. The van der Waals surface area contributed by atoms with Crippen LogP contribution in [0.3, 0.4) is 0 Å². The van der Waals surface area contributed by atoms with Crippen LogP contribution in [0.2, 0.25) is 5.02 Å². The zero-order valence-corrected chi connectivity index (χ0v) is 18.7. The number of para-hydroxylation sites is 1. The first-order valence-electron chi connectivity index (χ1n) is 10.2. The Labute approximate surface area is 197 Å². The van der Waals surface area contributed by atoms with Gasteiger partial charge in [0, 0.05) is 17.6 Å². The zero-order valence-electron chi connectivity index (χ0n) is 18.0. The number of hydrazone groups is 1. The quantitative estimate of drug-likeness (QED) is 0.220. The van der Waals surface area contributed by atoms with Crippen LogP contribution in [0.4, 0.5) is 5.95 Å². The number of imidazole rings is 1. The Balaban J connectivity index is 1.62. The Morgan fingerprint density at radius 3 is 2.71 bits per heavy atom. The number of H-pyrrole nitrogens is 1. The molecule has 0 saturated carbocycles. The van der Waals surface area contributed by atoms with Crippen molar-refractivity contribution in [2.45, 2.75) is 12.6 Å². The molecule has 0 amide bonds. The molecule has 4 N–H and O–H groups in total. The fourth-order valence-electron chi connectivity index (χ4n) is 3.24. The first kappa shape index (κ1) is 23.1. The number of aliphatic hydroxyl groups is 1. The highest BCUT2D eigenvalue weighted by molar-refractivity contribution is 6.30. The van der Waals surface area contributed by atoms with E-state index < -0.39 is 17.4 Å². The molecule has 0 aliphatic carbocycles. The molecule has 4 aromatic rings. The van der Waals surface area contributed by atoms with Crippen LogP contribution in [0.15, 0.2) is 63.2 Å². The van der Waals surface area contributed by atoms with Gasteiger partial charge in [0.05, 0.1) is 12.8 Å². The number of aryl methyl sites for hydroxylation is 1. The number of ether oxygens (including phenoxy) is 1. The fourth-order valence-corrected chi connectivity index (χ4v) is 3.37. The molecule has 0 aliphatic rings. The van der Waals surface area contributed by atoms with E-state index >= 15 is 0 Å². The third-order valence-corrected chi connectivity index (χ3v) is 5.21. The first-order chi connectivity index (χ1) is 16.3. The summed E-state index contributed by atoms with van der Waals surface area (Å²) in [7, 11) is 1.47. The van der Waals surface area contributed by atoms with Gasteiger partial charge in [-0.05, 0) is 36.4 Å². The Hall–Kier alpha value is -4.09. The van der Waals surface area contributed by atoms with Gasteiger partial charge in [0.1, 0.15) is 24.2 Å². The molecule has 1 atom stereocenters. The van der Waals surface area contributed by atoms with Gasteiger partial charge in [-0.2, -0.15) is 10.1 Å². The van der Waals surface area contributed by atoms with E-state index in [0.29, 0.717) is 16.3 Å². The molecule has 0 bridgehead atoms. The highest BCUT2D eigenvalue weighted by Gasteiger charge is 2.20. The van der Waals surface area contributed by atoms with Gasteiger partial charge in [-0.25, -0.2) is 10.2 Å². The minimum absolute atomic E-state index is 0.0372. The number of hydrogen-bond acceptors (Lipinski definition) is 8. The highest BCUT2D eigenvalue weighted by atomic mass is 35.5. The average molecular weight is 485 g/mol. The van der Waals surface area contributed by atoms with Crippen LogP contribution in [0.5, 0.6) is 11.5 Å². The minimum atomic E-state index is -1.03. The summed E-state index contributed by atoms with van der Waals surface area (Å²) in [4.78, 5) is 31.1. The molecule has 0 fully saturated rings. The number of aromatic amines is 1. The lowest BCUT2D eigenvalue weighted by Crippen LogP contribution is -2.30. The number of nitrogens with one attached hydrogen (secondary N) is 2. The van der Waals surface area contributed by atoms with Crippen LogP contribution in [-0.2, 0) is 13.6 Å². The van der Waals surface area contributed by atoms with Crippen LogP contribution >= 0.6 is 11.6 Å². The van der Waals surface area contributed by atoms with E-state index in [1.807, 2.05) is 0 Å². The number of phenolic OH excluding ortho intramolecular Hbond substituents is 1. The summed E-state index contributed by atoms with van der Waals surface area (Å²) in [6.07, 6.45) is 0.343. The van der Waals surface area contributed by atoms with Gasteiger partial charge in [-0.3, -0.25) is 14.3 Å². The Morgan fingerprint density at radius 1 is 1.24 bits per heavy atom. The highest BCUT2D eigenvalue weighted by Crippen LogP contribution is 2.19. The van der Waals surface area contributed by atoms with E-state index in [4.69, 9.17) is 16.3 Å². The van der Waals surface area contributed by atoms with E-state index in [0.717, 1.165) is 0 Å². The number of aromatic hydroxyl groups is 1. The largest absolute Gasteiger partial charge is 0.507 e. The number of nitrogens with zero attached hydrogens (tertiary/aromatic N) is 4. The molecule has 0 radical (unpaired) electrons. The topological polar surface area (TPSA) is 147 Å². The molecule has 12 heteroatoms. The van der Waals surface area contributed by atoms with E-state index in [2.05, 4.69) is 20.5 Å². The van der Waals surface area contributed by atoms with Crippen LogP contribution in [-0.4, -0.2) is 48.2 Å². The molecule has 4 rings (SSSR count). The predicted octanol–water partition coefficient (Wildman–Crippen LogP) is 1.67. The fraction of sp³-hybridized carbons (Fsp3) is 0.182. The van der Waals surface area contributed by atoms with E-state index in [1.165, 1.54) is 28.5 Å². The summed E-state index contributed by atoms with van der Waals surface area (Å²) in [5.74, 6) is 0.666. The first-order valence-corrected chi connectivity index (χ1v) is 10.5. The molecule has 1 unspecified atom stereocenters. The van der Waals surface area contributed by atoms with Gasteiger partial charge < -0.3 is 19.5 Å². The Kier molecular flexibility index (Phi) is 6.66. The van der Waals surface area contributed by atoms with E-state index in [9.17, 15) is 19.8 Å². The molecule has 11 nitrogen and oxygen atoms in total. The predicted molar refractivity (Wildman–Crippen MR) is 128 cm³/mol. The summed E-state index contributed by atoms with van der Waals surface area (Å²) < 4.78 is 8.18. The number of benzene rings is 2. The smallest absolute Gasteiger partial charge is 0.329 e. The number of phenols is 1. The lowest BCUT2D eigenvalue weighted by molar-refractivity contribution is 0.0938. The third kappa shape index (κ3) is 4.95. The summed E-state index contributed by atoms with van der Waals surface area (Å²) in [6, 6.07) is 13.3. The maximum absolute atomic E-state index is 12.6. The zero-order chi connectivity index (χ0) is 24.2. The molecule has 2 aromatic heterocycles. The van der Waals surface area contributed by atoms with Crippen molar-refractivity contribution in [3.05, 3.63) is 80.0 Å². The second-order valence-electron chi connectivity index (χ2n) is 7.38. The lowest BCUT2D eigenvalue weighted by atomic mass is 10.2. The van der Waals surface area contributed by atoms with Crippen molar-refractivity contribution in [2.24, 2.45) is 12.1 Å². The van der Waals surface area contributed by atoms with Crippen LogP contribution in [0.25, 0.3) is 11.2 Å². The standard InChI is InChI=1S/C22H21ClN6O5/c1-28-19-18(20(32)26-22(28)33)29(11-15(30)12-34-16-8-6-14(23)7-9-16)21(25-19)27-24-10-13-4-2-3-5-17(13)31/h2-10,15,30-31H,11-12H2,1H3,(H,25,27)(H,26,32,33). The summed E-state index contributed by atoms with van der Waals surface area (Å²) in [5.41, 5.74) is 2.07. The van der Waals surface area contributed by atoms with E-state index in [1.54, 1.807) is 42.5 Å². The third-order valence-electron chi connectivity index (χ3n) is 4.96. The van der Waals surface area contributed by atoms with Gasteiger partial charge in [0.25, 0.3) is 5.56 Å². The van der Waals surface area contributed by atoms with Crippen molar-refractivity contribution in [1.82, 2.24) is 19.1 Å². The monoisotopic (exact) mass is 484 g/mol. The van der Waals surface area contributed by atoms with Gasteiger partial charge >= 0.3 is 5.69 Å². The van der Waals surface area contributed by atoms with Gasteiger partial charge in [0.15, 0.2) is 11.2 Å². The normalized spacial score (nSPS) is 12.3. The van der Waals surface area contributed by atoms with Crippen LogP contribution in [0, 0.1) is 0 Å². The van der Waals surface area contributed by atoms with Crippen molar-refractivity contribution >= 4 is 34.9 Å². The Morgan fingerprint density at radius 2 is 1.97 bits per heavy atom. The number of aliphatic hydroxyl groups excluding tert-OH is 1. The number of halogens is 1. The van der Waals surface area contributed by atoms with Crippen LogP contribution < -0.4 is 21.4 Å². The SMILES string of the molecule is Cn1c(=O)[nH]c(=O)c2c1nc(NN=Cc1ccccc1O)n2CC(O)COc1ccc(Cl)cc1. The van der Waals surface area contributed by atoms with Crippen molar-refractivity contribution < 1.29 is 14.9 Å². The van der Waals surface area contributed by atoms with Gasteiger partial charge in [0.2, 0.25) is 5.95 Å². The molecule has 176 valence electrons. The van der Waals surface area contributed by atoms with Crippen LogP contribution in [0.1, 0.15) is 5.56 Å². The second-order valence-corrected chi connectivity index (χ2v) is 7.82. The molecule has 34 heavy (non-hydrogen) atoms. The second kappa shape index (κ2) is 9.81. The van der Waals surface area contributed by atoms with Crippen molar-refractivity contribution in [3.63, 3.8) is 0 Å². The summed E-state index contributed by atoms with van der Waals surface area (Å²) >= 11 is 5.87. The summed E-state index contributed by atoms with van der Waals surface area (Å²) in [5, 5.41) is 25.1. The van der Waals surface area contributed by atoms with Crippen molar-refractivity contribution in [3.8, 4) is 11.5 Å². The summed E-state index contributed by atoms with van der Waals surface area (Å²) in [6.45, 7) is -0.161. The molecule has 2 aromatic carbocycles.